The zero-order chi connectivity index (χ0) is 27.6. The van der Waals surface area contributed by atoms with Crippen LogP contribution in [-0.2, 0) is 22.5 Å². The van der Waals surface area contributed by atoms with Gasteiger partial charge in [-0.1, -0.05) is 23.7 Å². The minimum Gasteiger partial charge on any atom is -0.493 e. The van der Waals surface area contributed by atoms with Gasteiger partial charge in [-0.25, -0.2) is 4.79 Å². The first kappa shape index (κ1) is 28.7. The Balaban J connectivity index is 1.48. The van der Waals surface area contributed by atoms with Crippen molar-refractivity contribution in [2.45, 2.75) is 31.9 Å². The van der Waals surface area contributed by atoms with Gasteiger partial charge in [-0.3, -0.25) is 4.79 Å². The molecule has 3 aromatic rings. The topological polar surface area (TPSA) is 80.3 Å². The quantitative estimate of drug-likeness (QED) is 0.301. The average Bonchev–Trinajstić information content (AvgIpc) is 3.66. The van der Waals surface area contributed by atoms with Crippen molar-refractivity contribution < 1.29 is 23.8 Å². The van der Waals surface area contributed by atoms with Crippen molar-refractivity contribution in [1.82, 2.24) is 9.80 Å². The first-order chi connectivity index (χ1) is 18.9. The molecule has 1 aromatic heterocycles. The highest BCUT2D eigenvalue weighted by atomic mass is 35.5. The Morgan fingerprint density at radius 2 is 1.87 bits per heavy atom. The van der Waals surface area contributed by atoms with Gasteiger partial charge in [0.2, 0.25) is 5.91 Å². The smallest absolute Gasteiger partial charge is 0.322 e. The summed E-state index contributed by atoms with van der Waals surface area (Å²) in [4.78, 5) is 31.4. The summed E-state index contributed by atoms with van der Waals surface area (Å²) in [5.74, 6) is 1.17. The van der Waals surface area contributed by atoms with E-state index in [1.54, 1.807) is 59.6 Å². The average molecular weight is 572 g/mol. The van der Waals surface area contributed by atoms with Crippen LogP contribution in [0.25, 0.3) is 0 Å². The second-order valence-electron chi connectivity index (χ2n) is 9.29. The molecule has 1 aliphatic heterocycles. The molecular formula is C29H34ClN3O5S. The predicted octanol–water partition coefficient (Wildman–Crippen LogP) is 5.70. The fourth-order valence-electron chi connectivity index (χ4n) is 4.44. The van der Waals surface area contributed by atoms with Crippen molar-refractivity contribution in [1.29, 1.82) is 0 Å². The van der Waals surface area contributed by atoms with Crippen molar-refractivity contribution in [2.24, 2.45) is 0 Å². The molecule has 1 fully saturated rings. The third kappa shape index (κ3) is 8.36. The lowest BCUT2D eigenvalue weighted by atomic mass is 10.1. The van der Waals surface area contributed by atoms with Gasteiger partial charge in [-0.15, -0.1) is 11.3 Å². The van der Waals surface area contributed by atoms with Crippen LogP contribution in [0.5, 0.6) is 11.5 Å². The summed E-state index contributed by atoms with van der Waals surface area (Å²) < 4.78 is 16.6. The normalized spacial score (nSPS) is 14.6. The number of methoxy groups -OCH3 is 2. The van der Waals surface area contributed by atoms with E-state index in [1.165, 1.54) is 0 Å². The fraction of sp³-hybridized carbons (Fsp3) is 0.379. The number of amides is 3. The molecule has 2 heterocycles. The van der Waals surface area contributed by atoms with Crippen LogP contribution >= 0.6 is 22.9 Å². The molecular weight excluding hydrogens is 538 g/mol. The lowest BCUT2D eigenvalue weighted by Gasteiger charge is -2.29. The van der Waals surface area contributed by atoms with E-state index in [4.69, 9.17) is 25.8 Å². The molecule has 1 aliphatic rings. The van der Waals surface area contributed by atoms with Crippen molar-refractivity contribution in [3.63, 3.8) is 0 Å². The summed E-state index contributed by atoms with van der Waals surface area (Å²) >= 11 is 7.59. The van der Waals surface area contributed by atoms with Gasteiger partial charge in [0.25, 0.3) is 0 Å². The first-order valence-electron chi connectivity index (χ1n) is 12.9. The van der Waals surface area contributed by atoms with Crippen molar-refractivity contribution in [3.05, 3.63) is 75.4 Å². The van der Waals surface area contributed by atoms with Crippen LogP contribution in [0.3, 0.4) is 0 Å². The number of carbonyl (C=O) groups is 2. The highest BCUT2D eigenvalue weighted by Gasteiger charge is 2.27. The number of halogens is 1. The summed E-state index contributed by atoms with van der Waals surface area (Å²) in [5.41, 5.74) is 1.63. The van der Waals surface area contributed by atoms with Gasteiger partial charge in [0.05, 0.1) is 26.9 Å². The molecule has 208 valence electrons. The predicted molar refractivity (Wildman–Crippen MR) is 154 cm³/mol. The third-order valence-electron chi connectivity index (χ3n) is 6.55. The van der Waals surface area contributed by atoms with Gasteiger partial charge < -0.3 is 29.3 Å². The molecule has 0 aliphatic carbocycles. The van der Waals surface area contributed by atoms with E-state index in [0.29, 0.717) is 54.9 Å². The number of urea groups is 1. The van der Waals surface area contributed by atoms with Crippen molar-refractivity contribution >= 4 is 40.6 Å². The number of hydrogen-bond acceptors (Lipinski definition) is 6. The molecule has 0 radical (unpaired) electrons. The van der Waals surface area contributed by atoms with Crippen LogP contribution in [0.1, 0.15) is 23.3 Å². The number of benzene rings is 2. The Morgan fingerprint density at radius 3 is 2.54 bits per heavy atom. The Kier molecular flexibility index (Phi) is 10.5. The fourth-order valence-corrected chi connectivity index (χ4v) is 5.28. The van der Waals surface area contributed by atoms with Gasteiger partial charge in [0, 0.05) is 35.3 Å². The van der Waals surface area contributed by atoms with Crippen LogP contribution in [0.4, 0.5) is 10.5 Å². The lowest BCUT2D eigenvalue weighted by molar-refractivity contribution is -0.132. The number of thiophene rings is 1. The molecule has 3 amide bonds. The summed E-state index contributed by atoms with van der Waals surface area (Å²) in [6.45, 7) is 1.90. The molecule has 4 rings (SSSR count). The van der Waals surface area contributed by atoms with E-state index in [1.807, 2.05) is 35.7 Å². The highest BCUT2D eigenvalue weighted by Crippen LogP contribution is 2.28. The summed E-state index contributed by atoms with van der Waals surface area (Å²) in [7, 11) is 3.20. The Morgan fingerprint density at radius 1 is 1.08 bits per heavy atom. The maximum atomic E-state index is 13.7. The SMILES string of the molecule is COc1ccc(CCN(Cc2cccs2)C(=O)CN(CC2CCCO2)C(=O)Nc2ccc(Cl)cc2)cc1OC. The molecule has 1 N–H and O–H groups in total. The van der Waals surface area contributed by atoms with E-state index in [-0.39, 0.29) is 24.6 Å². The van der Waals surface area contributed by atoms with E-state index >= 15 is 0 Å². The molecule has 8 nitrogen and oxygen atoms in total. The number of nitrogens with one attached hydrogen (secondary N) is 1. The second kappa shape index (κ2) is 14.2. The zero-order valence-corrected chi connectivity index (χ0v) is 23.8. The van der Waals surface area contributed by atoms with Gasteiger partial charge >= 0.3 is 6.03 Å². The van der Waals surface area contributed by atoms with E-state index in [0.717, 1.165) is 23.3 Å². The van der Waals surface area contributed by atoms with Crippen molar-refractivity contribution in [2.75, 3.05) is 45.8 Å². The number of anilines is 1. The number of hydrogen-bond donors (Lipinski definition) is 1. The minimum absolute atomic E-state index is 0.0589. The van der Waals surface area contributed by atoms with Gasteiger partial charge in [-0.05, 0) is 72.7 Å². The van der Waals surface area contributed by atoms with Gasteiger partial charge in [-0.2, -0.15) is 0 Å². The molecule has 39 heavy (non-hydrogen) atoms. The number of rotatable bonds is 12. The van der Waals surface area contributed by atoms with Gasteiger partial charge in [0.1, 0.15) is 6.54 Å². The molecule has 1 unspecified atom stereocenters. The van der Waals surface area contributed by atoms with Crippen LogP contribution in [0.15, 0.2) is 60.0 Å². The molecule has 0 spiro atoms. The van der Waals surface area contributed by atoms with Crippen LogP contribution < -0.4 is 14.8 Å². The standard InChI is InChI=1S/C29H34ClN3O5S/c1-36-26-12-7-21(17-27(26)37-2)13-14-32(19-25-6-4-16-39-25)28(34)20-33(18-24-5-3-15-38-24)29(35)31-23-10-8-22(30)9-11-23/h4,6-12,16-17,24H,3,5,13-15,18-20H2,1-2H3,(H,31,35). The number of carbonyl (C=O) groups excluding carboxylic acids is 2. The first-order valence-corrected chi connectivity index (χ1v) is 14.1. The van der Waals surface area contributed by atoms with Crippen LogP contribution in [0, 0.1) is 0 Å². The summed E-state index contributed by atoms with van der Waals surface area (Å²) in [6, 6.07) is 16.3. The van der Waals surface area contributed by atoms with Crippen molar-refractivity contribution in [3.8, 4) is 11.5 Å². The van der Waals surface area contributed by atoms with Crippen LogP contribution in [-0.4, -0.2) is 68.3 Å². The summed E-state index contributed by atoms with van der Waals surface area (Å²) in [6.07, 6.45) is 2.34. The van der Waals surface area contributed by atoms with E-state index < -0.39 is 0 Å². The Bertz CT molecular complexity index is 1220. The highest BCUT2D eigenvalue weighted by molar-refractivity contribution is 7.09. The molecule has 1 saturated heterocycles. The maximum absolute atomic E-state index is 13.7. The largest absolute Gasteiger partial charge is 0.493 e. The molecule has 2 aromatic carbocycles. The van der Waals surface area contributed by atoms with E-state index in [2.05, 4.69) is 5.32 Å². The maximum Gasteiger partial charge on any atom is 0.322 e. The third-order valence-corrected chi connectivity index (χ3v) is 7.67. The molecule has 0 bridgehead atoms. The second-order valence-corrected chi connectivity index (χ2v) is 10.8. The lowest BCUT2D eigenvalue weighted by Crippen LogP contribution is -2.47. The Labute approximate surface area is 238 Å². The molecule has 10 heteroatoms. The molecule has 0 saturated carbocycles. The van der Waals surface area contributed by atoms with Crippen LogP contribution in [0.2, 0.25) is 5.02 Å². The van der Waals surface area contributed by atoms with E-state index in [9.17, 15) is 9.59 Å². The zero-order valence-electron chi connectivity index (χ0n) is 22.2. The number of nitrogens with zero attached hydrogens (tertiary/aromatic N) is 2. The monoisotopic (exact) mass is 571 g/mol. The minimum atomic E-state index is -0.350. The number of ether oxygens (including phenoxy) is 3. The Hall–Kier alpha value is -3.27. The van der Waals surface area contributed by atoms with Gasteiger partial charge in [0.15, 0.2) is 11.5 Å². The molecule has 1 atom stereocenters. The summed E-state index contributed by atoms with van der Waals surface area (Å²) in [5, 5.41) is 5.47.